The van der Waals surface area contributed by atoms with Gasteiger partial charge in [-0.3, -0.25) is 0 Å². The Balaban J connectivity index is 1.99. The van der Waals surface area contributed by atoms with Crippen LogP contribution < -0.4 is 0 Å². The molecule has 0 amide bonds. The fourth-order valence-corrected chi connectivity index (χ4v) is 2.71. The molecule has 1 fully saturated rings. The normalized spacial score (nSPS) is 14.6. The van der Waals surface area contributed by atoms with Gasteiger partial charge >= 0.3 is 5.97 Å². The lowest BCUT2D eigenvalue weighted by molar-refractivity contribution is 0.0600. The Morgan fingerprint density at radius 2 is 1.95 bits per heavy atom. The van der Waals surface area contributed by atoms with E-state index < -0.39 is 11.8 Å². The number of rotatable bonds is 3. The molecular formula is C18H17FO2. The molecule has 0 radical (unpaired) electrons. The quantitative estimate of drug-likeness (QED) is 0.773. The second-order valence-electron chi connectivity index (χ2n) is 5.47. The van der Waals surface area contributed by atoms with Gasteiger partial charge in [0.05, 0.1) is 12.7 Å². The zero-order valence-electron chi connectivity index (χ0n) is 11.9. The average molecular weight is 284 g/mol. The van der Waals surface area contributed by atoms with E-state index in [4.69, 9.17) is 0 Å². The average Bonchev–Trinajstić information content (AvgIpc) is 2.44. The Labute approximate surface area is 123 Å². The molecule has 0 N–H and O–H groups in total. The third-order valence-electron chi connectivity index (χ3n) is 4.12. The summed E-state index contributed by atoms with van der Waals surface area (Å²) in [6, 6.07) is 12.5. The van der Waals surface area contributed by atoms with Gasteiger partial charge < -0.3 is 4.74 Å². The highest BCUT2D eigenvalue weighted by Gasteiger charge is 2.19. The second kappa shape index (κ2) is 5.68. The summed E-state index contributed by atoms with van der Waals surface area (Å²) < 4.78 is 18.4. The largest absolute Gasteiger partial charge is 0.465 e. The summed E-state index contributed by atoms with van der Waals surface area (Å²) in [6.07, 6.45) is 3.72. The zero-order valence-corrected chi connectivity index (χ0v) is 11.9. The van der Waals surface area contributed by atoms with Crippen molar-refractivity contribution < 1.29 is 13.9 Å². The van der Waals surface area contributed by atoms with Gasteiger partial charge in [0.15, 0.2) is 0 Å². The molecule has 0 unspecified atom stereocenters. The van der Waals surface area contributed by atoms with Gasteiger partial charge in [-0.25, -0.2) is 9.18 Å². The lowest BCUT2D eigenvalue weighted by Crippen LogP contribution is -2.08. The van der Waals surface area contributed by atoms with Crippen LogP contribution in [0.4, 0.5) is 4.39 Å². The Morgan fingerprint density at radius 3 is 2.62 bits per heavy atom. The number of esters is 1. The molecule has 0 aromatic heterocycles. The summed E-state index contributed by atoms with van der Waals surface area (Å²) in [4.78, 5) is 11.6. The second-order valence-corrected chi connectivity index (χ2v) is 5.47. The highest BCUT2D eigenvalue weighted by atomic mass is 19.1. The van der Waals surface area contributed by atoms with E-state index >= 15 is 0 Å². The van der Waals surface area contributed by atoms with Crippen LogP contribution in [0, 0.1) is 5.82 Å². The Kier molecular flexibility index (Phi) is 3.74. The van der Waals surface area contributed by atoms with Gasteiger partial charge in [0.25, 0.3) is 0 Å². The Bertz CT molecular complexity index is 675. The van der Waals surface area contributed by atoms with Crippen LogP contribution in [0.1, 0.15) is 41.1 Å². The van der Waals surface area contributed by atoms with Crippen molar-refractivity contribution in [3.8, 4) is 11.1 Å². The van der Waals surface area contributed by atoms with E-state index in [1.165, 1.54) is 44.1 Å². The molecule has 0 bridgehead atoms. The fraction of sp³-hybridized carbons (Fsp3) is 0.278. The predicted octanol–water partition coefficient (Wildman–Crippen LogP) is 4.55. The monoisotopic (exact) mass is 284 g/mol. The number of methoxy groups -OCH3 is 1. The highest BCUT2D eigenvalue weighted by Crippen LogP contribution is 2.37. The molecule has 0 atom stereocenters. The van der Waals surface area contributed by atoms with Crippen LogP contribution in [-0.4, -0.2) is 13.1 Å². The van der Waals surface area contributed by atoms with Crippen LogP contribution in [0.3, 0.4) is 0 Å². The van der Waals surface area contributed by atoms with Gasteiger partial charge in [-0.2, -0.15) is 0 Å². The van der Waals surface area contributed by atoms with Crippen molar-refractivity contribution in [3.05, 3.63) is 59.4 Å². The maximum Gasteiger partial charge on any atom is 0.337 e. The Morgan fingerprint density at radius 1 is 1.14 bits per heavy atom. The summed E-state index contributed by atoms with van der Waals surface area (Å²) in [5.74, 6) is -0.327. The van der Waals surface area contributed by atoms with Crippen LogP contribution in [-0.2, 0) is 4.74 Å². The van der Waals surface area contributed by atoms with Gasteiger partial charge in [0, 0.05) is 0 Å². The van der Waals surface area contributed by atoms with Crippen LogP contribution in [0.15, 0.2) is 42.5 Å². The first kappa shape index (κ1) is 13.8. The molecular weight excluding hydrogens is 267 g/mol. The number of hydrogen-bond acceptors (Lipinski definition) is 2. The Hall–Kier alpha value is -2.16. The molecule has 1 aliphatic rings. The smallest absolute Gasteiger partial charge is 0.337 e. The van der Waals surface area contributed by atoms with Crippen molar-refractivity contribution >= 4 is 5.97 Å². The van der Waals surface area contributed by atoms with Crippen molar-refractivity contribution in [3.63, 3.8) is 0 Å². The summed E-state index contributed by atoms with van der Waals surface area (Å²) in [5, 5.41) is 0. The van der Waals surface area contributed by atoms with Gasteiger partial charge in [-0.05, 0) is 53.6 Å². The maximum atomic E-state index is 13.7. The van der Waals surface area contributed by atoms with Crippen molar-refractivity contribution in [2.45, 2.75) is 25.2 Å². The molecule has 3 rings (SSSR count). The first-order valence-corrected chi connectivity index (χ1v) is 7.16. The molecule has 2 aromatic carbocycles. The molecule has 2 nitrogen and oxygen atoms in total. The van der Waals surface area contributed by atoms with E-state index in [0.29, 0.717) is 11.5 Å². The van der Waals surface area contributed by atoms with Crippen LogP contribution in [0.5, 0.6) is 0 Å². The molecule has 0 aliphatic heterocycles. The first-order chi connectivity index (χ1) is 10.2. The summed E-state index contributed by atoms with van der Waals surface area (Å²) in [7, 11) is 1.30. The molecule has 0 heterocycles. The lowest BCUT2D eigenvalue weighted by Gasteiger charge is -2.26. The maximum absolute atomic E-state index is 13.7. The van der Waals surface area contributed by atoms with Crippen molar-refractivity contribution in [2.24, 2.45) is 0 Å². The molecule has 2 aromatic rings. The molecule has 1 aliphatic carbocycles. The van der Waals surface area contributed by atoms with E-state index in [1.54, 1.807) is 6.07 Å². The minimum Gasteiger partial charge on any atom is -0.465 e. The number of ether oxygens (including phenoxy) is 1. The highest BCUT2D eigenvalue weighted by molar-refractivity contribution is 5.91. The topological polar surface area (TPSA) is 26.3 Å². The third kappa shape index (κ3) is 2.82. The van der Waals surface area contributed by atoms with Gasteiger partial charge in [0.2, 0.25) is 0 Å². The van der Waals surface area contributed by atoms with Crippen molar-refractivity contribution in [1.29, 1.82) is 0 Å². The number of carbonyl (C=O) groups excluding carboxylic acids is 1. The van der Waals surface area contributed by atoms with E-state index in [-0.39, 0.29) is 5.56 Å². The van der Waals surface area contributed by atoms with E-state index in [9.17, 15) is 9.18 Å². The van der Waals surface area contributed by atoms with Gasteiger partial charge in [0.1, 0.15) is 5.82 Å². The molecule has 21 heavy (non-hydrogen) atoms. The van der Waals surface area contributed by atoms with Crippen molar-refractivity contribution in [1.82, 2.24) is 0 Å². The molecule has 3 heteroatoms. The minimum atomic E-state index is -0.522. The standard InChI is InChI=1S/C18H17FO2/c1-21-18(20)16-9-15(10-17(19)11-16)14-7-3-6-13(8-14)12-4-2-5-12/h3,6-12H,2,4-5H2,1H3. The van der Waals surface area contributed by atoms with Crippen LogP contribution in [0.25, 0.3) is 11.1 Å². The number of halogens is 1. The number of carbonyl (C=O) groups is 1. The number of benzene rings is 2. The van der Waals surface area contributed by atoms with Crippen LogP contribution >= 0.6 is 0 Å². The lowest BCUT2D eigenvalue weighted by atomic mass is 9.79. The van der Waals surface area contributed by atoms with Gasteiger partial charge in [-0.15, -0.1) is 0 Å². The first-order valence-electron chi connectivity index (χ1n) is 7.16. The third-order valence-corrected chi connectivity index (χ3v) is 4.12. The molecule has 0 saturated heterocycles. The van der Waals surface area contributed by atoms with E-state index in [1.807, 2.05) is 12.1 Å². The van der Waals surface area contributed by atoms with E-state index in [0.717, 1.165) is 5.56 Å². The molecule has 108 valence electrons. The SMILES string of the molecule is COC(=O)c1cc(F)cc(-c2cccc(C3CCC3)c2)c1. The fourth-order valence-electron chi connectivity index (χ4n) is 2.71. The molecule has 0 spiro atoms. The summed E-state index contributed by atoms with van der Waals surface area (Å²) in [5.41, 5.74) is 3.17. The van der Waals surface area contributed by atoms with E-state index in [2.05, 4.69) is 16.9 Å². The molecule has 1 saturated carbocycles. The van der Waals surface area contributed by atoms with Crippen molar-refractivity contribution in [2.75, 3.05) is 7.11 Å². The predicted molar refractivity (Wildman–Crippen MR) is 79.8 cm³/mol. The summed E-state index contributed by atoms with van der Waals surface area (Å²) >= 11 is 0. The number of hydrogen-bond donors (Lipinski definition) is 0. The zero-order chi connectivity index (χ0) is 14.8. The van der Waals surface area contributed by atoms with Gasteiger partial charge in [-0.1, -0.05) is 30.7 Å². The minimum absolute atomic E-state index is 0.238. The summed E-state index contributed by atoms with van der Waals surface area (Å²) in [6.45, 7) is 0. The van der Waals surface area contributed by atoms with Crippen LogP contribution in [0.2, 0.25) is 0 Å².